The van der Waals surface area contributed by atoms with E-state index in [0.29, 0.717) is 6.61 Å². The third kappa shape index (κ3) is 33.8. The fraction of sp³-hybridized carbons (Fsp3) is 1.00. The molecular weight excluding hydrogens is 478 g/mol. The van der Waals surface area contributed by atoms with Crippen molar-refractivity contribution < 1.29 is 12.6 Å². The van der Waals surface area contributed by atoms with Crippen LogP contribution in [0.5, 0.6) is 0 Å². The first kappa shape index (κ1) is 39.0. The summed E-state index contributed by atoms with van der Waals surface area (Å²) in [6.07, 6.45) is 36.4. The quantitative estimate of drug-likeness (QED) is 0.0691. The molecule has 0 aromatic rings. The molecule has 0 spiro atoms. The van der Waals surface area contributed by atoms with E-state index in [2.05, 4.69) is 13.8 Å². The van der Waals surface area contributed by atoms with Crippen molar-refractivity contribution in [2.45, 2.75) is 194 Å². The molecule has 0 aliphatic heterocycles. The first-order chi connectivity index (χ1) is 17.6. The standard InChI is InChI=1S/C32H66O3S.H3N/c1-3-5-7-9-11-13-15-16-17-18-19-20-21-22-23-25-27-29-31-35-36(33,34)32-30-28-26-24-14-12-10-8-6-4-2;/h3-32H2,1-2H3;1H3. The predicted molar refractivity (Wildman–Crippen MR) is 165 cm³/mol. The minimum absolute atomic E-state index is 0. The largest absolute Gasteiger partial charge is 0.344 e. The summed E-state index contributed by atoms with van der Waals surface area (Å²) in [5, 5.41) is 0. The fourth-order valence-corrected chi connectivity index (χ4v) is 6.06. The Bertz CT molecular complexity index is 510. The minimum Gasteiger partial charge on any atom is -0.344 e. The minimum atomic E-state index is -3.31. The molecule has 0 amide bonds. The Morgan fingerprint density at radius 3 is 0.919 bits per heavy atom. The Morgan fingerprint density at radius 1 is 0.378 bits per heavy atom. The van der Waals surface area contributed by atoms with Gasteiger partial charge in [-0.2, -0.15) is 8.42 Å². The monoisotopic (exact) mass is 547 g/mol. The summed E-state index contributed by atoms with van der Waals surface area (Å²) >= 11 is 0. The van der Waals surface area contributed by atoms with Gasteiger partial charge in [0.2, 0.25) is 0 Å². The number of hydrogen-bond donors (Lipinski definition) is 1. The molecule has 0 unspecified atom stereocenters. The van der Waals surface area contributed by atoms with Crippen LogP contribution in [0.3, 0.4) is 0 Å². The molecule has 4 nitrogen and oxygen atoms in total. The van der Waals surface area contributed by atoms with Crippen molar-refractivity contribution in [1.29, 1.82) is 0 Å². The highest BCUT2D eigenvalue weighted by atomic mass is 32.2. The Labute approximate surface area is 234 Å². The highest BCUT2D eigenvalue weighted by molar-refractivity contribution is 7.86. The van der Waals surface area contributed by atoms with E-state index < -0.39 is 10.1 Å². The van der Waals surface area contributed by atoms with Gasteiger partial charge in [-0.3, -0.25) is 4.18 Å². The van der Waals surface area contributed by atoms with Gasteiger partial charge in [-0.25, -0.2) is 0 Å². The predicted octanol–water partition coefficient (Wildman–Crippen LogP) is 11.5. The van der Waals surface area contributed by atoms with Crippen LogP contribution in [0.2, 0.25) is 0 Å². The van der Waals surface area contributed by atoms with Gasteiger partial charge in [-0.15, -0.1) is 0 Å². The molecule has 0 heterocycles. The summed E-state index contributed by atoms with van der Waals surface area (Å²) in [6.45, 7) is 4.91. The summed E-state index contributed by atoms with van der Waals surface area (Å²) < 4.78 is 29.3. The van der Waals surface area contributed by atoms with E-state index in [1.165, 1.54) is 148 Å². The maximum atomic E-state index is 12.0. The maximum absolute atomic E-state index is 12.0. The number of rotatable bonds is 31. The molecule has 0 aromatic heterocycles. The van der Waals surface area contributed by atoms with Gasteiger partial charge in [-0.05, 0) is 12.8 Å². The van der Waals surface area contributed by atoms with Crippen molar-refractivity contribution in [3.63, 3.8) is 0 Å². The van der Waals surface area contributed by atoms with E-state index in [4.69, 9.17) is 4.18 Å². The summed E-state index contributed by atoms with van der Waals surface area (Å²) in [7, 11) is -3.31. The zero-order valence-electron chi connectivity index (χ0n) is 25.6. The zero-order valence-corrected chi connectivity index (χ0v) is 26.4. The van der Waals surface area contributed by atoms with Crippen molar-refractivity contribution in [2.75, 3.05) is 12.4 Å². The SMILES string of the molecule is CCCCCCCCCCCCCCCCCCCCOS(=O)(=O)CCCCCCCCCCCC.N. The summed E-state index contributed by atoms with van der Waals surface area (Å²) in [6, 6.07) is 0. The van der Waals surface area contributed by atoms with Crippen molar-refractivity contribution in [2.24, 2.45) is 0 Å². The second-order valence-electron chi connectivity index (χ2n) is 11.3. The first-order valence-corrected chi connectivity index (χ1v) is 18.1. The number of hydrogen-bond acceptors (Lipinski definition) is 4. The Morgan fingerprint density at radius 2 is 0.622 bits per heavy atom. The summed E-state index contributed by atoms with van der Waals surface area (Å²) in [5.74, 6) is 0.197. The normalized spacial score (nSPS) is 11.6. The molecule has 0 aliphatic rings. The first-order valence-electron chi connectivity index (χ1n) is 16.5. The molecule has 37 heavy (non-hydrogen) atoms. The van der Waals surface area contributed by atoms with Crippen LogP contribution in [0.4, 0.5) is 0 Å². The highest BCUT2D eigenvalue weighted by Gasteiger charge is 2.10. The molecule has 226 valence electrons. The smallest absolute Gasteiger partial charge is 0.267 e. The molecule has 0 bridgehead atoms. The van der Waals surface area contributed by atoms with Gasteiger partial charge >= 0.3 is 0 Å². The second-order valence-corrected chi connectivity index (χ2v) is 13.0. The van der Waals surface area contributed by atoms with Crippen LogP contribution in [0.1, 0.15) is 194 Å². The van der Waals surface area contributed by atoms with E-state index in [1.807, 2.05) is 0 Å². The molecule has 0 saturated heterocycles. The third-order valence-corrected chi connectivity index (χ3v) is 8.82. The lowest BCUT2D eigenvalue weighted by molar-refractivity contribution is 0.305. The summed E-state index contributed by atoms with van der Waals surface area (Å²) in [4.78, 5) is 0. The van der Waals surface area contributed by atoms with Crippen LogP contribution < -0.4 is 6.15 Å². The van der Waals surface area contributed by atoms with Crippen molar-refractivity contribution >= 4 is 10.1 Å². The van der Waals surface area contributed by atoms with Crippen LogP contribution in [0.15, 0.2) is 0 Å². The van der Waals surface area contributed by atoms with E-state index in [-0.39, 0.29) is 11.9 Å². The molecule has 0 fully saturated rings. The lowest BCUT2D eigenvalue weighted by atomic mass is 10.0. The van der Waals surface area contributed by atoms with Crippen molar-refractivity contribution in [3.05, 3.63) is 0 Å². The van der Waals surface area contributed by atoms with Crippen molar-refractivity contribution in [1.82, 2.24) is 6.15 Å². The average Bonchev–Trinajstić information content (AvgIpc) is 2.86. The average molecular weight is 548 g/mol. The molecule has 0 radical (unpaired) electrons. The van der Waals surface area contributed by atoms with Crippen LogP contribution >= 0.6 is 0 Å². The molecule has 5 heteroatoms. The molecular formula is C32H69NO3S. The van der Waals surface area contributed by atoms with Crippen LogP contribution in [-0.2, 0) is 14.3 Å². The third-order valence-electron chi connectivity index (χ3n) is 7.51. The van der Waals surface area contributed by atoms with Gasteiger partial charge in [0.1, 0.15) is 0 Å². The topological polar surface area (TPSA) is 78.4 Å². The van der Waals surface area contributed by atoms with Gasteiger partial charge in [0, 0.05) is 0 Å². The zero-order chi connectivity index (χ0) is 26.4. The van der Waals surface area contributed by atoms with Gasteiger partial charge in [-0.1, -0.05) is 181 Å². The molecule has 0 rings (SSSR count). The van der Waals surface area contributed by atoms with E-state index >= 15 is 0 Å². The van der Waals surface area contributed by atoms with Crippen LogP contribution in [0, 0.1) is 0 Å². The van der Waals surface area contributed by atoms with Gasteiger partial charge in [0.25, 0.3) is 10.1 Å². The lowest BCUT2D eigenvalue weighted by Crippen LogP contribution is -2.11. The number of unbranched alkanes of at least 4 members (excludes halogenated alkanes) is 26. The molecule has 3 N–H and O–H groups in total. The summed E-state index contributed by atoms with van der Waals surface area (Å²) in [5.41, 5.74) is 0. The fourth-order valence-electron chi connectivity index (χ4n) is 5.01. The van der Waals surface area contributed by atoms with Gasteiger partial charge in [0.15, 0.2) is 0 Å². The van der Waals surface area contributed by atoms with E-state index in [9.17, 15) is 8.42 Å². The maximum Gasteiger partial charge on any atom is 0.267 e. The highest BCUT2D eigenvalue weighted by Crippen LogP contribution is 2.15. The molecule has 0 atom stereocenters. The van der Waals surface area contributed by atoms with E-state index in [1.54, 1.807) is 0 Å². The van der Waals surface area contributed by atoms with Gasteiger partial charge in [0.05, 0.1) is 12.4 Å². The molecule has 0 saturated carbocycles. The van der Waals surface area contributed by atoms with Crippen LogP contribution in [-0.4, -0.2) is 20.8 Å². The second kappa shape index (κ2) is 32.1. The van der Waals surface area contributed by atoms with E-state index in [0.717, 1.165) is 32.1 Å². The molecule has 0 aliphatic carbocycles. The lowest BCUT2D eigenvalue weighted by Gasteiger charge is -2.06. The van der Waals surface area contributed by atoms with Gasteiger partial charge < -0.3 is 6.15 Å². The van der Waals surface area contributed by atoms with Crippen LogP contribution in [0.25, 0.3) is 0 Å². The Kier molecular flexibility index (Phi) is 33.8. The Balaban J connectivity index is 0. The molecule has 0 aromatic carbocycles. The van der Waals surface area contributed by atoms with Crippen molar-refractivity contribution in [3.8, 4) is 0 Å². The Hall–Kier alpha value is -0.130.